The number of aromatic nitrogens is 1. The van der Waals surface area contributed by atoms with E-state index in [0.29, 0.717) is 18.1 Å². The monoisotopic (exact) mass is 492 g/mol. The van der Waals surface area contributed by atoms with E-state index in [1.54, 1.807) is 38.1 Å². The molecule has 0 aliphatic heterocycles. The van der Waals surface area contributed by atoms with Crippen LogP contribution in [0.25, 0.3) is 0 Å². The minimum absolute atomic E-state index is 0.0403. The van der Waals surface area contributed by atoms with Crippen molar-refractivity contribution in [3.8, 4) is 0 Å². The number of hydrogen-bond acceptors (Lipinski definition) is 7. The summed E-state index contributed by atoms with van der Waals surface area (Å²) in [5.74, 6) is 0.0671. The molecule has 182 valence electrons. The molecule has 0 fully saturated rings. The first-order valence-electron chi connectivity index (χ1n) is 10.3. The average Bonchev–Trinajstić information content (AvgIpc) is 2.81. The molecule has 1 amide bonds. The van der Waals surface area contributed by atoms with E-state index < -0.39 is 21.7 Å². The number of nitrogens with zero attached hydrogens (tertiary/aromatic N) is 1. The van der Waals surface area contributed by atoms with Crippen LogP contribution in [0, 0.1) is 11.6 Å². The smallest absolute Gasteiger partial charge is 0.411 e. The highest BCUT2D eigenvalue weighted by Gasteiger charge is 2.10. The summed E-state index contributed by atoms with van der Waals surface area (Å²) in [7, 11) is -3.18. The number of halogens is 2. The summed E-state index contributed by atoms with van der Waals surface area (Å²) >= 11 is 0. The highest BCUT2D eigenvalue weighted by Crippen LogP contribution is 2.19. The van der Waals surface area contributed by atoms with Gasteiger partial charge in [-0.3, -0.25) is 5.32 Å². The van der Waals surface area contributed by atoms with Gasteiger partial charge in [0.1, 0.15) is 23.3 Å². The van der Waals surface area contributed by atoms with Gasteiger partial charge in [-0.25, -0.2) is 27.0 Å². The van der Waals surface area contributed by atoms with E-state index in [1.165, 1.54) is 24.3 Å². The largest absolute Gasteiger partial charge is 0.450 e. The molecule has 0 saturated carbocycles. The molecule has 3 aromatic rings. The second-order valence-electron chi connectivity index (χ2n) is 6.81. The molecule has 2 aromatic carbocycles. The van der Waals surface area contributed by atoms with Gasteiger partial charge >= 0.3 is 6.09 Å². The third kappa shape index (κ3) is 8.32. The first kappa shape index (κ1) is 26.5. The van der Waals surface area contributed by atoms with Crippen LogP contribution in [0.3, 0.4) is 0 Å². The number of nitrogen functional groups attached to an aromatic ring is 1. The number of ether oxygens (including phenoxy) is 1. The van der Waals surface area contributed by atoms with Gasteiger partial charge < -0.3 is 15.8 Å². The van der Waals surface area contributed by atoms with Gasteiger partial charge in [-0.2, -0.15) is 0 Å². The van der Waals surface area contributed by atoms with Crippen LogP contribution < -0.4 is 16.4 Å². The van der Waals surface area contributed by atoms with Crippen LogP contribution >= 0.6 is 0 Å². The van der Waals surface area contributed by atoms with Crippen molar-refractivity contribution in [2.45, 2.75) is 25.3 Å². The Morgan fingerprint density at radius 1 is 0.971 bits per heavy atom. The van der Waals surface area contributed by atoms with Gasteiger partial charge in [0.15, 0.2) is 9.84 Å². The molecule has 0 radical (unpaired) electrons. The average molecular weight is 493 g/mol. The van der Waals surface area contributed by atoms with Gasteiger partial charge in [0.05, 0.1) is 22.9 Å². The van der Waals surface area contributed by atoms with Crippen molar-refractivity contribution in [2.24, 2.45) is 0 Å². The van der Waals surface area contributed by atoms with Crippen LogP contribution in [0.4, 0.5) is 30.9 Å². The number of carbonyl (C=O) groups is 1. The summed E-state index contributed by atoms with van der Waals surface area (Å²) in [4.78, 5) is 15.6. The normalized spacial score (nSPS) is 10.6. The molecule has 11 heteroatoms. The summed E-state index contributed by atoms with van der Waals surface area (Å²) in [5, 5.41) is 5.57. The van der Waals surface area contributed by atoms with Crippen molar-refractivity contribution in [3.05, 3.63) is 77.9 Å². The SMILES string of the molecule is CCOC(=O)Nc1ccc(NCc2ccc(F)cc2)nc1N.CCS(=O)(=O)c1ccc(F)cc1. The first-order chi connectivity index (χ1) is 16.1. The van der Waals surface area contributed by atoms with Crippen molar-refractivity contribution < 1.29 is 26.7 Å². The zero-order chi connectivity index (χ0) is 25.1. The van der Waals surface area contributed by atoms with E-state index in [1.807, 2.05) is 0 Å². The topological polar surface area (TPSA) is 123 Å². The van der Waals surface area contributed by atoms with Crippen molar-refractivity contribution in [2.75, 3.05) is 28.7 Å². The number of anilines is 3. The molecule has 0 spiro atoms. The lowest BCUT2D eigenvalue weighted by atomic mass is 10.2. The van der Waals surface area contributed by atoms with Gasteiger partial charge in [-0.15, -0.1) is 0 Å². The standard InChI is InChI=1S/C15H17FN4O2.C8H9FO2S/c1-2-22-15(21)19-12-7-8-13(20-14(12)17)18-9-10-3-5-11(16)6-4-10;1-2-12(10,11)8-5-3-7(9)4-6-8/h3-8H,2,9H2,1H3,(H,19,21)(H3,17,18,20);3-6H,2H2,1H3. The highest BCUT2D eigenvalue weighted by atomic mass is 32.2. The van der Waals surface area contributed by atoms with Gasteiger partial charge in [0.25, 0.3) is 0 Å². The van der Waals surface area contributed by atoms with Crippen LogP contribution in [0.1, 0.15) is 19.4 Å². The number of amides is 1. The Morgan fingerprint density at radius 2 is 1.56 bits per heavy atom. The lowest BCUT2D eigenvalue weighted by molar-refractivity contribution is 0.168. The molecular formula is C23H26F2N4O4S. The summed E-state index contributed by atoms with van der Waals surface area (Å²) in [5.41, 5.74) is 7.08. The summed E-state index contributed by atoms with van der Waals surface area (Å²) < 4.78 is 52.3. The zero-order valence-corrected chi connectivity index (χ0v) is 19.5. The van der Waals surface area contributed by atoms with Gasteiger partial charge in [0, 0.05) is 6.54 Å². The van der Waals surface area contributed by atoms with E-state index in [9.17, 15) is 22.0 Å². The van der Waals surface area contributed by atoms with E-state index in [0.717, 1.165) is 17.7 Å². The molecule has 1 heterocycles. The fourth-order valence-electron chi connectivity index (χ4n) is 2.56. The van der Waals surface area contributed by atoms with Crippen LogP contribution in [-0.2, 0) is 21.1 Å². The lowest BCUT2D eigenvalue weighted by Crippen LogP contribution is -2.15. The maximum Gasteiger partial charge on any atom is 0.411 e. The Balaban J connectivity index is 0.000000287. The van der Waals surface area contributed by atoms with Gasteiger partial charge in [-0.05, 0) is 61.0 Å². The Morgan fingerprint density at radius 3 is 2.09 bits per heavy atom. The molecule has 0 atom stereocenters. The van der Waals surface area contributed by atoms with E-state index in [2.05, 4.69) is 15.6 Å². The summed E-state index contributed by atoms with van der Waals surface area (Å²) in [6.45, 7) is 4.02. The molecule has 8 nitrogen and oxygen atoms in total. The Hall–Kier alpha value is -3.73. The van der Waals surface area contributed by atoms with Crippen molar-refractivity contribution in [1.29, 1.82) is 0 Å². The molecule has 0 aliphatic rings. The third-order valence-electron chi connectivity index (χ3n) is 4.38. The second-order valence-corrected chi connectivity index (χ2v) is 9.09. The number of benzene rings is 2. The molecule has 0 unspecified atom stereocenters. The van der Waals surface area contributed by atoms with Crippen molar-refractivity contribution in [3.63, 3.8) is 0 Å². The van der Waals surface area contributed by atoms with Crippen LogP contribution in [-0.4, -0.2) is 31.9 Å². The summed E-state index contributed by atoms with van der Waals surface area (Å²) in [6.07, 6.45) is -0.581. The number of sulfone groups is 1. The minimum Gasteiger partial charge on any atom is -0.450 e. The number of pyridine rings is 1. The van der Waals surface area contributed by atoms with E-state index in [-0.39, 0.29) is 28.9 Å². The Bertz CT molecular complexity index is 1190. The van der Waals surface area contributed by atoms with Crippen molar-refractivity contribution >= 4 is 33.3 Å². The maximum atomic E-state index is 12.8. The fourth-order valence-corrected chi connectivity index (χ4v) is 3.44. The fraction of sp³-hybridized carbons (Fsp3) is 0.217. The van der Waals surface area contributed by atoms with Gasteiger partial charge in [-0.1, -0.05) is 19.1 Å². The molecule has 0 bridgehead atoms. The second kappa shape index (κ2) is 12.5. The van der Waals surface area contributed by atoms with E-state index >= 15 is 0 Å². The maximum absolute atomic E-state index is 12.8. The highest BCUT2D eigenvalue weighted by molar-refractivity contribution is 7.91. The van der Waals surface area contributed by atoms with E-state index in [4.69, 9.17) is 10.5 Å². The molecule has 3 rings (SSSR count). The number of nitrogens with two attached hydrogens (primary N) is 1. The minimum atomic E-state index is -3.18. The third-order valence-corrected chi connectivity index (χ3v) is 6.13. The summed E-state index contributed by atoms with van der Waals surface area (Å²) in [6, 6.07) is 14.3. The quantitative estimate of drug-likeness (QED) is 0.412. The predicted octanol–water partition coefficient (Wildman–Crippen LogP) is 4.60. The Labute approximate surface area is 197 Å². The first-order valence-corrected chi connectivity index (χ1v) is 12.0. The van der Waals surface area contributed by atoms with Crippen LogP contribution in [0.5, 0.6) is 0 Å². The number of carbonyl (C=O) groups excluding carboxylic acids is 1. The van der Waals surface area contributed by atoms with Crippen LogP contribution in [0.2, 0.25) is 0 Å². The van der Waals surface area contributed by atoms with Crippen molar-refractivity contribution in [1.82, 2.24) is 4.98 Å². The van der Waals surface area contributed by atoms with Crippen LogP contribution in [0.15, 0.2) is 65.6 Å². The van der Waals surface area contributed by atoms with Gasteiger partial charge in [0.2, 0.25) is 0 Å². The molecule has 0 aliphatic carbocycles. The molecule has 0 saturated heterocycles. The number of nitrogens with one attached hydrogen (secondary N) is 2. The molecule has 4 N–H and O–H groups in total. The molecule has 34 heavy (non-hydrogen) atoms. The Kier molecular flexibility index (Phi) is 9.75. The molecular weight excluding hydrogens is 466 g/mol. The lowest BCUT2D eigenvalue weighted by Gasteiger charge is -2.10. The number of rotatable bonds is 7. The number of hydrogen-bond donors (Lipinski definition) is 3. The predicted molar refractivity (Wildman–Crippen MR) is 127 cm³/mol. The zero-order valence-electron chi connectivity index (χ0n) is 18.7. The molecule has 1 aromatic heterocycles.